The summed E-state index contributed by atoms with van der Waals surface area (Å²) in [5, 5.41) is 0. The minimum Gasteiger partial charge on any atom is -0.456 e. The monoisotopic (exact) mass is 281 g/mol. The Bertz CT molecular complexity index is 576. The largest absolute Gasteiger partial charge is 0.456 e. The highest BCUT2D eigenvalue weighted by Crippen LogP contribution is 2.36. The number of rotatable bonds is 1. The Balaban J connectivity index is 1.96. The van der Waals surface area contributed by atoms with Crippen molar-refractivity contribution in [2.24, 2.45) is 0 Å². The van der Waals surface area contributed by atoms with Gasteiger partial charge in [-0.05, 0) is 37.0 Å². The van der Waals surface area contributed by atoms with Gasteiger partial charge in [-0.1, -0.05) is 6.07 Å². The van der Waals surface area contributed by atoms with Gasteiger partial charge in [0.15, 0.2) is 11.6 Å². The van der Waals surface area contributed by atoms with E-state index in [-0.39, 0.29) is 12.6 Å². The van der Waals surface area contributed by atoms with Crippen molar-refractivity contribution >= 4 is 11.9 Å². The third-order valence-corrected chi connectivity index (χ3v) is 3.89. The van der Waals surface area contributed by atoms with E-state index in [4.69, 9.17) is 4.74 Å². The van der Waals surface area contributed by atoms with Gasteiger partial charge in [0.2, 0.25) is 0 Å². The first-order chi connectivity index (χ1) is 9.58. The van der Waals surface area contributed by atoms with Crippen LogP contribution in [-0.4, -0.2) is 29.4 Å². The maximum atomic E-state index is 13.4. The summed E-state index contributed by atoms with van der Waals surface area (Å²) < 4.78 is 31.2. The van der Waals surface area contributed by atoms with E-state index in [1.54, 1.807) is 0 Å². The van der Waals surface area contributed by atoms with Crippen molar-refractivity contribution in [1.29, 1.82) is 0 Å². The molecule has 0 saturated carbocycles. The van der Waals surface area contributed by atoms with Crippen LogP contribution in [0.25, 0.3) is 0 Å². The first-order valence-corrected chi connectivity index (χ1v) is 6.52. The number of ether oxygens (including phenoxy) is 1. The van der Waals surface area contributed by atoms with Gasteiger partial charge in [-0.3, -0.25) is 4.79 Å². The summed E-state index contributed by atoms with van der Waals surface area (Å²) in [6.07, 6.45) is 2.22. The van der Waals surface area contributed by atoms with Gasteiger partial charge >= 0.3 is 11.9 Å². The van der Waals surface area contributed by atoms with Crippen LogP contribution in [0.5, 0.6) is 0 Å². The van der Waals surface area contributed by atoms with Crippen LogP contribution in [0.2, 0.25) is 0 Å². The zero-order valence-electron chi connectivity index (χ0n) is 10.6. The van der Waals surface area contributed by atoms with Crippen LogP contribution in [0.4, 0.5) is 8.78 Å². The number of carbonyl (C=O) groups excluding carboxylic acids is 2. The molecule has 1 amide bonds. The number of piperidine rings is 1. The number of amides is 1. The molecule has 0 spiro atoms. The predicted molar refractivity (Wildman–Crippen MR) is 64.5 cm³/mol. The van der Waals surface area contributed by atoms with E-state index in [0.29, 0.717) is 12.0 Å². The maximum absolute atomic E-state index is 13.4. The van der Waals surface area contributed by atoms with Crippen molar-refractivity contribution in [1.82, 2.24) is 4.90 Å². The first kappa shape index (κ1) is 13.0. The molecule has 0 aromatic heterocycles. The SMILES string of the molecule is O=C1OCC2CCC[C@@H](c3ccc(F)c(F)c3)N2C1=O. The Morgan fingerprint density at radius 1 is 1.15 bits per heavy atom. The number of fused-ring (bicyclic) bond motifs is 1. The molecule has 6 heteroatoms. The Morgan fingerprint density at radius 3 is 2.70 bits per heavy atom. The first-order valence-electron chi connectivity index (χ1n) is 6.52. The van der Waals surface area contributed by atoms with Crippen LogP contribution < -0.4 is 0 Å². The van der Waals surface area contributed by atoms with E-state index in [9.17, 15) is 18.4 Å². The average molecular weight is 281 g/mol. The Kier molecular flexibility index (Phi) is 3.16. The van der Waals surface area contributed by atoms with E-state index in [1.165, 1.54) is 11.0 Å². The fourth-order valence-electron chi connectivity index (χ4n) is 2.94. The molecule has 0 aliphatic carbocycles. The molecular formula is C14H13F2NO3. The van der Waals surface area contributed by atoms with E-state index in [0.717, 1.165) is 25.0 Å². The maximum Gasteiger partial charge on any atom is 0.397 e. The van der Waals surface area contributed by atoms with Gasteiger partial charge in [-0.15, -0.1) is 0 Å². The summed E-state index contributed by atoms with van der Waals surface area (Å²) in [5.74, 6) is -3.45. The average Bonchev–Trinajstić information content (AvgIpc) is 2.45. The molecule has 1 aromatic carbocycles. The van der Waals surface area contributed by atoms with Crippen molar-refractivity contribution in [3.8, 4) is 0 Å². The molecular weight excluding hydrogens is 268 g/mol. The van der Waals surface area contributed by atoms with Crippen LogP contribution in [0.1, 0.15) is 30.9 Å². The summed E-state index contributed by atoms with van der Waals surface area (Å²) in [6, 6.07) is 3.02. The van der Waals surface area contributed by atoms with E-state index >= 15 is 0 Å². The zero-order valence-corrected chi connectivity index (χ0v) is 10.6. The second-order valence-electron chi connectivity index (χ2n) is 5.08. The third kappa shape index (κ3) is 2.05. The molecule has 0 N–H and O–H groups in total. The molecule has 0 bridgehead atoms. The smallest absolute Gasteiger partial charge is 0.397 e. The molecule has 1 aromatic rings. The topological polar surface area (TPSA) is 46.6 Å². The zero-order chi connectivity index (χ0) is 14.3. The summed E-state index contributed by atoms with van der Waals surface area (Å²) in [4.78, 5) is 24.8. The Hall–Kier alpha value is -1.98. The van der Waals surface area contributed by atoms with Gasteiger partial charge in [0.25, 0.3) is 0 Å². The molecule has 2 aliphatic heterocycles. The van der Waals surface area contributed by atoms with Crippen molar-refractivity contribution in [3.05, 3.63) is 35.4 Å². The van der Waals surface area contributed by atoms with E-state index in [2.05, 4.69) is 0 Å². The third-order valence-electron chi connectivity index (χ3n) is 3.89. The lowest BCUT2D eigenvalue weighted by molar-refractivity contribution is -0.175. The highest BCUT2D eigenvalue weighted by molar-refractivity contribution is 6.33. The van der Waals surface area contributed by atoms with Crippen LogP contribution in [0.3, 0.4) is 0 Å². The molecule has 4 nitrogen and oxygen atoms in total. The number of cyclic esters (lactones) is 1. The lowest BCUT2D eigenvalue weighted by Crippen LogP contribution is -2.55. The van der Waals surface area contributed by atoms with Gasteiger partial charge in [-0.2, -0.15) is 0 Å². The van der Waals surface area contributed by atoms with Gasteiger partial charge in [0.1, 0.15) is 6.61 Å². The number of hydrogen-bond acceptors (Lipinski definition) is 3. The van der Waals surface area contributed by atoms with Crippen molar-refractivity contribution in [2.45, 2.75) is 31.3 Å². The lowest BCUT2D eigenvalue weighted by atomic mass is 9.90. The number of esters is 1. The summed E-state index contributed by atoms with van der Waals surface area (Å²) in [5.41, 5.74) is 0.511. The standard InChI is InChI=1S/C14H13F2NO3/c15-10-5-4-8(6-11(10)16)12-3-1-2-9-7-20-14(19)13(18)17(9)12/h4-6,9,12H,1-3,7H2/t9?,12-/m0/s1. The molecule has 0 radical (unpaired) electrons. The van der Waals surface area contributed by atoms with Crippen LogP contribution in [0, 0.1) is 11.6 Å². The fraction of sp³-hybridized carbons (Fsp3) is 0.429. The molecule has 2 fully saturated rings. The van der Waals surface area contributed by atoms with Gasteiger partial charge in [0, 0.05) is 0 Å². The lowest BCUT2D eigenvalue weighted by Gasteiger charge is -2.43. The highest BCUT2D eigenvalue weighted by Gasteiger charge is 2.42. The van der Waals surface area contributed by atoms with Crippen molar-refractivity contribution in [3.63, 3.8) is 0 Å². The van der Waals surface area contributed by atoms with Crippen molar-refractivity contribution in [2.75, 3.05) is 6.61 Å². The molecule has 2 heterocycles. The predicted octanol–water partition coefficient (Wildman–Crippen LogP) is 1.94. The Morgan fingerprint density at radius 2 is 1.95 bits per heavy atom. The molecule has 1 unspecified atom stereocenters. The number of halogens is 2. The van der Waals surface area contributed by atoms with Crippen LogP contribution >= 0.6 is 0 Å². The van der Waals surface area contributed by atoms with E-state index < -0.39 is 29.6 Å². The highest BCUT2D eigenvalue weighted by atomic mass is 19.2. The molecule has 2 saturated heterocycles. The normalized spacial score (nSPS) is 26.2. The number of benzene rings is 1. The molecule has 20 heavy (non-hydrogen) atoms. The number of carbonyl (C=O) groups is 2. The van der Waals surface area contributed by atoms with Crippen LogP contribution in [0.15, 0.2) is 18.2 Å². The van der Waals surface area contributed by atoms with Crippen LogP contribution in [-0.2, 0) is 14.3 Å². The number of hydrogen-bond donors (Lipinski definition) is 0. The van der Waals surface area contributed by atoms with Gasteiger partial charge in [0.05, 0.1) is 12.1 Å². The summed E-state index contributed by atoms with van der Waals surface area (Å²) in [6.45, 7) is 0.171. The Labute approximate surface area is 114 Å². The minimum atomic E-state index is -0.948. The second kappa shape index (κ2) is 4.85. The quantitative estimate of drug-likeness (QED) is 0.584. The van der Waals surface area contributed by atoms with E-state index in [1.807, 2.05) is 0 Å². The molecule has 106 valence electrons. The fourth-order valence-corrected chi connectivity index (χ4v) is 2.94. The van der Waals surface area contributed by atoms with Crippen molar-refractivity contribution < 1.29 is 23.1 Å². The van der Waals surface area contributed by atoms with Gasteiger partial charge < -0.3 is 9.64 Å². The summed E-state index contributed by atoms with van der Waals surface area (Å²) in [7, 11) is 0. The number of morpholine rings is 1. The number of nitrogens with zero attached hydrogens (tertiary/aromatic N) is 1. The molecule has 2 aliphatic rings. The minimum absolute atomic E-state index is 0.171. The van der Waals surface area contributed by atoms with Gasteiger partial charge in [-0.25, -0.2) is 13.6 Å². The molecule has 3 rings (SSSR count). The molecule has 2 atom stereocenters. The summed E-state index contributed by atoms with van der Waals surface area (Å²) >= 11 is 0. The second-order valence-corrected chi connectivity index (χ2v) is 5.08.